The first-order chi connectivity index (χ1) is 19.6. The molecule has 0 radical (unpaired) electrons. The maximum atomic E-state index is 12.2. The van der Waals surface area contributed by atoms with Crippen molar-refractivity contribution in [1.82, 2.24) is 10.6 Å². The Morgan fingerprint density at radius 3 is 1.17 bits per heavy atom. The van der Waals surface area contributed by atoms with Gasteiger partial charge in [0.15, 0.2) is 24.8 Å². The van der Waals surface area contributed by atoms with Crippen molar-refractivity contribution in [1.29, 1.82) is 0 Å². The van der Waals surface area contributed by atoms with Gasteiger partial charge < -0.3 is 27.6 Å². The highest BCUT2D eigenvalue weighted by Crippen LogP contribution is 2.09. The summed E-state index contributed by atoms with van der Waals surface area (Å²) in [6, 6.07) is 7.73. The number of hydrogen-bond donors (Lipinski definition) is 2. The summed E-state index contributed by atoms with van der Waals surface area (Å²) in [6.45, 7) is 7.94. The van der Waals surface area contributed by atoms with Crippen LogP contribution in [0.2, 0.25) is 0 Å². The van der Waals surface area contributed by atoms with E-state index in [0.29, 0.717) is 0 Å². The lowest BCUT2D eigenvalue weighted by molar-refractivity contribution is -0.697. The van der Waals surface area contributed by atoms with Crippen LogP contribution in [-0.2, 0) is 13.1 Å². The lowest BCUT2D eigenvalue weighted by Gasteiger charge is -2.05. The van der Waals surface area contributed by atoms with Gasteiger partial charge in [-0.2, -0.15) is 0 Å². The largest absolute Gasteiger partial charge is 1.00 e. The molecular formula is C34H56BrN4O2+. The number of carbonyl (C=O) groups excluding carboxylic acids is 2. The van der Waals surface area contributed by atoms with Crippen LogP contribution in [0.3, 0.4) is 0 Å². The summed E-state index contributed by atoms with van der Waals surface area (Å²) < 4.78 is 4.37. The highest BCUT2D eigenvalue weighted by molar-refractivity contribution is 5.94. The number of hydrogen-bond acceptors (Lipinski definition) is 2. The molecule has 0 atom stereocenters. The van der Waals surface area contributed by atoms with E-state index < -0.39 is 0 Å². The van der Waals surface area contributed by atoms with Gasteiger partial charge in [-0.15, -0.1) is 0 Å². The quantitative estimate of drug-likeness (QED) is 0.145. The zero-order valence-corrected chi connectivity index (χ0v) is 27.4. The van der Waals surface area contributed by atoms with Crippen LogP contribution in [0.25, 0.3) is 0 Å². The van der Waals surface area contributed by atoms with Crippen molar-refractivity contribution >= 4 is 11.8 Å². The van der Waals surface area contributed by atoms with Crippen LogP contribution in [0.5, 0.6) is 0 Å². The van der Waals surface area contributed by atoms with Gasteiger partial charge >= 0.3 is 0 Å². The van der Waals surface area contributed by atoms with Crippen LogP contribution in [0.15, 0.2) is 49.1 Å². The molecule has 2 aromatic rings. The summed E-state index contributed by atoms with van der Waals surface area (Å²) in [5.41, 5.74) is 1.50. The lowest BCUT2D eigenvalue weighted by atomic mass is 10.1. The van der Waals surface area contributed by atoms with Gasteiger partial charge in [0.1, 0.15) is 13.1 Å². The van der Waals surface area contributed by atoms with Gasteiger partial charge in [-0.25, -0.2) is 9.13 Å². The molecule has 0 unspecified atom stereocenters. The molecule has 0 bridgehead atoms. The van der Waals surface area contributed by atoms with E-state index in [-0.39, 0.29) is 28.8 Å². The van der Waals surface area contributed by atoms with Crippen molar-refractivity contribution < 1.29 is 35.7 Å². The number of aryl methyl sites for hydroxylation is 2. The second kappa shape index (κ2) is 24.3. The van der Waals surface area contributed by atoms with E-state index in [1.54, 1.807) is 0 Å². The van der Waals surface area contributed by atoms with Crippen LogP contribution >= 0.6 is 0 Å². The minimum absolute atomic E-state index is 0. The summed E-state index contributed by atoms with van der Waals surface area (Å²) in [5.74, 6) is 0.0704. The Bertz CT molecular complexity index is 857. The molecule has 2 aromatic heterocycles. The van der Waals surface area contributed by atoms with Crippen LogP contribution in [0.1, 0.15) is 137 Å². The van der Waals surface area contributed by atoms with E-state index in [1.807, 2.05) is 49.1 Å². The molecule has 2 heterocycles. The Balaban J connectivity index is 0.00000840. The second-order valence-electron chi connectivity index (χ2n) is 11.1. The maximum absolute atomic E-state index is 12.2. The minimum Gasteiger partial charge on any atom is -1.00 e. The smallest absolute Gasteiger partial charge is 0.251 e. The minimum atomic E-state index is 0. The summed E-state index contributed by atoms with van der Waals surface area (Å²) in [7, 11) is 0. The molecule has 2 N–H and O–H groups in total. The number of aromatic nitrogens is 2. The van der Waals surface area contributed by atoms with Crippen molar-refractivity contribution in [2.24, 2.45) is 0 Å². The number of nitrogens with one attached hydrogen (secondary N) is 2. The van der Waals surface area contributed by atoms with E-state index in [4.69, 9.17) is 0 Å². The third-order valence-electron chi connectivity index (χ3n) is 7.52. The number of nitrogens with zero attached hydrogens (tertiary/aromatic N) is 2. The number of halogens is 1. The highest BCUT2D eigenvalue weighted by atomic mass is 79.9. The highest BCUT2D eigenvalue weighted by Gasteiger charge is 2.09. The molecule has 0 saturated heterocycles. The molecule has 7 heteroatoms. The zero-order chi connectivity index (χ0) is 28.7. The van der Waals surface area contributed by atoms with E-state index in [0.717, 1.165) is 50.1 Å². The predicted octanol–water partition coefficient (Wildman–Crippen LogP) is 3.71. The average Bonchev–Trinajstić information content (AvgIpc) is 2.98. The van der Waals surface area contributed by atoms with Crippen molar-refractivity contribution in [3.05, 3.63) is 60.2 Å². The first-order valence-corrected chi connectivity index (χ1v) is 16.2. The third kappa shape index (κ3) is 17.3. The number of pyridine rings is 2. The zero-order valence-electron chi connectivity index (χ0n) is 25.8. The van der Waals surface area contributed by atoms with Gasteiger partial charge in [-0.05, 0) is 25.7 Å². The Morgan fingerprint density at radius 2 is 0.829 bits per heavy atom. The molecule has 6 nitrogen and oxygen atoms in total. The fraction of sp³-hybridized carbons (Fsp3) is 0.647. The SMILES string of the molecule is CCCCCCNC(=O)c1cc[n+](CCCCCCCCCC[n+]2ccc(C(=O)NCCCCCC)cc2)cc1.[Br-]. The van der Waals surface area contributed by atoms with Crippen molar-refractivity contribution in [3.8, 4) is 0 Å². The van der Waals surface area contributed by atoms with Gasteiger partial charge in [0, 0.05) is 50.2 Å². The molecular weight excluding hydrogens is 576 g/mol. The van der Waals surface area contributed by atoms with Crippen molar-refractivity contribution in [3.63, 3.8) is 0 Å². The maximum Gasteiger partial charge on any atom is 0.251 e. The van der Waals surface area contributed by atoms with Gasteiger partial charge in [0.2, 0.25) is 0 Å². The van der Waals surface area contributed by atoms with Crippen LogP contribution in [0.4, 0.5) is 0 Å². The lowest BCUT2D eigenvalue weighted by Crippen LogP contribution is -3.00. The third-order valence-corrected chi connectivity index (χ3v) is 7.52. The molecule has 230 valence electrons. The summed E-state index contributed by atoms with van der Waals surface area (Å²) in [6.07, 6.45) is 27.5. The standard InChI is InChI=1S/C34H54N4O2.BrH/c1-3-5-7-15-23-35-33(39)31-19-27-37(28-20-31)25-17-13-11-9-10-12-14-18-26-38-29-21-32(22-30-38)34(40)36-24-16-8-6-4-2;/h19-22,27-30H,3-18,23-26H2,1-2H3;1H/p+1. The fourth-order valence-electron chi connectivity index (χ4n) is 4.88. The van der Waals surface area contributed by atoms with E-state index in [1.165, 1.54) is 89.9 Å². The number of unbranched alkanes of at least 4 members (excludes halogenated alkanes) is 13. The molecule has 0 aliphatic heterocycles. The first-order valence-electron chi connectivity index (χ1n) is 16.2. The van der Waals surface area contributed by atoms with E-state index in [9.17, 15) is 9.59 Å². The monoisotopic (exact) mass is 631 g/mol. The first kappa shape index (κ1) is 36.7. The van der Waals surface area contributed by atoms with Gasteiger partial charge in [-0.1, -0.05) is 78.1 Å². The Morgan fingerprint density at radius 1 is 0.512 bits per heavy atom. The molecule has 0 fully saturated rings. The molecule has 41 heavy (non-hydrogen) atoms. The van der Waals surface area contributed by atoms with Crippen LogP contribution < -0.4 is 36.7 Å². The summed E-state index contributed by atoms with van der Waals surface area (Å²) >= 11 is 0. The summed E-state index contributed by atoms with van der Waals surface area (Å²) in [4.78, 5) is 24.5. The Kier molecular flexibility index (Phi) is 21.8. The van der Waals surface area contributed by atoms with Gasteiger partial charge in [0.05, 0.1) is 11.1 Å². The van der Waals surface area contributed by atoms with E-state index in [2.05, 4.69) is 33.6 Å². The van der Waals surface area contributed by atoms with Crippen LogP contribution in [0, 0.1) is 0 Å². The fourth-order valence-corrected chi connectivity index (χ4v) is 4.88. The number of carbonyl (C=O) groups is 2. The summed E-state index contributed by atoms with van der Waals surface area (Å²) in [5, 5.41) is 6.05. The average molecular weight is 633 g/mol. The van der Waals surface area contributed by atoms with Gasteiger partial charge in [0.25, 0.3) is 11.8 Å². The Hall–Kier alpha value is -2.28. The molecule has 2 amide bonds. The topological polar surface area (TPSA) is 66.0 Å². The molecule has 0 aliphatic rings. The molecule has 0 saturated carbocycles. The van der Waals surface area contributed by atoms with Crippen molar-refractivity contribution in [2.75, 3.05) is 13.1 Å². The predicted molar refractivity (Wildman–Crippen MR) is 163 cm³/mol. The molecule has 0 aliphatic carbocycles. The molecule has 2 rings (SSSR count). The van der Waals surface area contributed by atoms with Crippen molar-refractivity contribution in [2.45, 2.75) is 130 Å². The molecule has 0 spiro atoms. The van der Waals surface area contributed by atoms with Crippen LogP contribution in [-0.4, -0.2) is 24.9 Å². The normalized spacial score (nSPS) is 10.7. The Labute approximate surface area is 260 Å². The number of rotatable bonds is 23. The van der Waals surface area contributed by atoms with E-state index >= 15 is 0 Å². The second-order valence-corrected chi connectivity index (χ2v) is 11.1. The van der Waals surface area contributed by atoms with Gasteiger partial charge in [-0.3, -0.25) is 9.59 Å². The molecule has 0 aromatic carbocycles. The number of amides is 2.